The van der Waals surface area contributed by atoms with E-state index in [1.807, 2.05) is 0 Å². The molecule has 0 amide bonds. The van der Waals surface area contributed by atoms with Crippen molar-refractivity contribution in [3.05, 3.63) is 11.6 Å². The molecular weight excluding hydrogens is 176 g/mol. The fourth-order valence-electron chi connectivity index (χ4n) is 2.46. The number of methoxy groups -OCH3 is 1. The lowest BCUT2D eigenvalue weighted by molar-refractivity contribution is -0.134. The first-order valence-electron chi connectivity index (χ1n) is 5.57. The van der Waals surface area contributed by atoms with Crippen LogP contribution in [0.4, 0.5) is 0 Å². The van der Waals surface area contributed by atoms with Crippen molar-refractivity contribution in [1.82, 2.24) is 0 Å². The van der Waals surface area contributed by atoms with Crippen LogP contribution in [0.15, 0.2) is 11.6 Å². The van der Waals surface area contributed by atoms with Gasteiger partial charge in [-0.05, 0) is 50.4 Å². The molecule has 14 heavy (non-hydrogen) atoms. The number of allylic oxidation sites excluding steroid dienone is 1. The number of hydrogen-bond donors (Lipinski definition) is 0. The summed E-state index contributed by atoms with van der Waals surface area (Å²) in [6.45, 7) is 0. The van der Waals surface area contributed by atoms with E-state index in [1.54, 1.807) is 6.08 Å². The van der Waals surface area contributed by atoms with Gasteiger partial charge in [0.15, 0.2) is 0 Å². The SMILES string of the molecule is COC(=O)/C=C1/CCCC(C2CC2)C1. The van der Waals surface area contributed by atoms with E-state index < -0.39 is 0 Å². The van der Waals surface area contributed by atoms with Gasteiger partial charge in [0.2, 0.25) is 0 Å². The van der Waals surface area contributed by atoms with Crippen LogP contribution in [0.2, 0.25) is 0 Å². The predicted molar refractivity (Wildman–Crippen MR) is 54.8 cm³/mol. The third-order valence-corrected chi connectivity index (χ3v) is 3.41. The van der Waals surface area contributed by atoms with Crippen LogP contribution in [0, 0.1) is 11.8 Å². The molecule has 2 rings (SSSR count). The van der Waals surface area contributed by atoms with E-state index in [-0.39, 0.29) is 5.97 Å². The Kier molecular flexibility index (Phi) is 2.90. The van der Waals surface area contributed by atoms with Crippen LogP contribution in [-0.4, -0.2) is 13.1 Å². The maximum absolute atomic E-state index is 11.1. The Labute approximate surface area is 85.3 Å². The average Bonchev–Trinajstić information content (AvgIpc) is 3.01. The van der Waals surface area contributed by atoms with Crippen LogP contribution in [0.25, 0.3) is 0 Å². The summed E-state index contributed by atoms with van der Waals surface area (Å²) in [6.07, 6.45) is 9.38. The van der Waals surface area contributed by atoms with Gasteiger partial charge in [-0.15, -0.1) is 0 Å². The molecule has 1 unspecified atom stereocenters. The third-order valence-electron chi connectivity index (χ3n) is 3.41. The van der Waals surface area contributed by atoms with Crippen molar-refractivity contribution in [2.24, 2.45) is 11.8 Å². The van der Waals surface area contributed by atoms with Crippen molar-refractivity contribution >= 4 is 5.97 Å². The number of esters is 1. The minimum absolute atomic E-state index is 0.184. The highest BCUT2D eigenvalue weighted by Crippen LogP contribution is 2.45. The monoisotopic (exact) mass is 194 g/mol. The first-order valence-corrected chi connectivity index (χ1v) is 5.57. The van der Waals surface area contributed by atoms with Crippen molar-refractivity contribution in [1.29, 1.82) is 0 Å². The second-order valence-electron chi connectivity index (χ2n) is 4.52. The highest BCUT2D eigenvalue weighted by atomic mass is 16.5. The van der Waals surface area contributed by atoms with Gasteiger partial charge in [-0.25, -0.2) is 4.79 Å². The average molecular weight is 194 g/mol. The van der Waals surface area contributed by atoms with Crippen LogP contribution < -0.4 is 0 Å². The Balaban J connectivity index is 1.92. The lowest BCUT2D eigenvalue weighted by Gasteiger charge is -2.23. The summed E-state index contributed by atoms with van der Waals surface area (Å²) in [5.74, 6) is 1.65. The van der Waals surface area contributed by atoms with Gasteiger partial charge in [0.25, 0.3) is 0 Å². The van der Waals surface area contributed by atoms with Gasteiger partial charge in [0, 0.05) is 6.08 Å². The fourth-order valence-corrected chi connectivity index (χ4v) is 2.46. The molecular formula is C12H18O2. The maximum atomic E-state index is 11.1. The Morgan fingerprint density at radius 2 is 2.14 bits per heavy atom. The molecule has 0 aliphatic heterocycles. The molecule has 0 bridgehead atoms. The second-order valence-corrected chi connectivity index (χ2v) is 4.52. The molecule has 2 heteroatoms. The fraction of sp³-hybridized carbons (Fsp3) is 0.750. The van der Waals surface area contributed by atoms with Gasteiger partial charge in [-0.3, -0.25) is 0 Å². The summed E-state index contributed by atoms with van der Waals surface area (Å²) in [7, 11) is 1.45. The lowest BCUT2D eigenvalue weighted by Crippen LogP contribution is -2.11. The lowest BCUT2D eigenvalue weighted by atomic mass is 9.82. The number of hydrogen-bond acceptors (Lipinski definition) is 2. The van der Waals surface area contributed by atoms with E-state index in [1.165, 1.54) is 38.4 Å². The molecule has 0 aromatic heterocycles. The quantitative estimate of drug-likeness (QED) is 0.499. The van der Waals surface area contributed by atoms with Crippen LogP contribution in [0.1, 0.15) is 38.5 Å². The van der Waals surface area contributed by atoms with Crippen molar-refractivity contribution in [2.75, 3.05) is 7.11 Å². The van der Waals surface area contributed by atoms with Gasteiger partial charge in [-0.2, -0.15) is 0 Å². The Morgan fingerprint density at radius 3 is 2.79 bits per heavy atom. The standard InChI is InChI=1S/C12H18O2/c1-14-12(13)8-9-3-2-4-11(7-9)10-5-6-10/h8,10-11H,2-7H2,1H3/b9-8-. The van der Waals surface area contributed by atoms with E-state index in [0.29, 0.717) is 0 Å². The number of rotatable bonds is 2. The third kappa shape index (κ3) is 2.37. The van der Waals surface area contributed by atoms with Gasteiger partial charge < -0.3 is 4.74 Å². The molecule has 2 saturated carbocycles. The molecule has 2 fully saturated rings. The van der Waals surface area contributed by atoms with Crippen molar-refractivity contribution in [2.45, 2.75) is 38.5 Å². The van der Waals surface area contributed by atoms with E-state index in [9.17, 15) is 4.79 Å². The summed E-state index contributed by atoms with van der Waals surface area (Å²) in [5, 5.41) is 0. The van der Waals surface area contributed by atoms with Crippen molar-refractivity contribution in [3.63, 3.8) is 0 Å². The zero-order valence-corrected chi connectivity index (χ0v) is 8.79. The topological polar surface area (TPSA) is 26.3 Å². The molecule has 78 valence electrons. The highest BCUT2D eigenvalue weighted by Gasteiger charge is 2.32. The zero-order chi connectivity index (χ0) is 9.97. The second kappa shape index (κ2) is 4.16. The van der Waals surface area contributed by atoms with Crippen molar-refractivity contribution in [3.8, 4) is 0 Å². The van der Waals surface area contributed by atoms with Gasteiger partial charge >= 0.3 is 5.97 Å². The minimum Gasteiger partial charge on any atom is -0.466 e. The summed E-state index contributed by atoms with van der Waals surface area (Å²) in [4.78, 5) is 11.1. The summed E-state index contributed by atoms with van der Waals surface area (Å²) >= 11 is 0. The molecule has 0 N–H and O–H groups in total. The number of carbonyl (C=O) groups excluding carboxylic acids is 1. The molecule has 1 atom stereocenters. The molecule has 2 aliphatic carbocycles. The van der Waals surface area contributed by atoms with Crippen LogP contribution in [0.5, 0.6) is 0 Å². The van der Waals surface area contributed by atoms with Gasteiger partial charge in [0.05, 0.1) is 7.11 Å². The number of ether oxygens (including phenoxy) is 1. The van der Waals surface area contributed by atoms with Crippen LogP contribution in [0.3, 0.4) is 0 Å². The molecule has 0 heterocycles. The van der Waals surface area contributed by atoms with E-state index in [0.717, 1.165) is 24.7 Å². The molecule has 2 aliphatic rings. The summed E-state index contributed by atoms with van der Waals surface area (Å²) in [5.41, 5.74) is 1.31. The van der Waals surface area contributed by atoms with E-state index in [2.05, 4.69) is 4.74 Å². The molecule has 2 nitrogen and oxygen atoms in total. The molecule has 0 radical (unpaired) electrons. The summed E-state index contributed by atoms with van der Waals surface area (Å²) < 4.78 is 4.65. The highest BCUT2D eigenvalue weighted by molar-refractivity contribution is 5.82. The van der Waals surface area contributed by atoms with Crippen LogP contribution in [-0.2, 0) is 9.53 Å². The first kappa shape index (κ1) is 9.75. The zero-order valence-electron chi connectivity index (χ0n) is 8.79. The predicted octanol–water partition coefficient (Wildman–Crippen LogP) is 2.69. The van der Waals surface area contributed by atoms with Crippen LogP contribution >= 0.6 is 0 Å². The summed E-state index contributed by atoms with van der Waals surface area (Å²) in [6, 6.07) is 0. The Bertz CT molecular complexity index is 251. The number of carbonyl (C=O) groups is 1. The first-order chi connectivity index (χ1) is 6.79. The van der Waals surface area contributed by atoms with Gasteiger partial charge in [0.1, 0.15) is 0 Å². The van der Waals surface area contributed by atoms with Gasteiger partial charge in [-0.1, -0.05) is 5.57 Å². The van der Waals surface area contributed by atoms with E-state index in [4.69, 9.17) is 0 Å². The molecule has 0 aromatic rings. The smallest absolute Gasteiger partial charge is 0.330 e. The largest absolute Gasteiger partial charge is 0.466 e. The Morgan fingerprint density at radius 1 is 1.36 bits per heavy atom. The normalized spacial score (nSPS) is 30.4. The maximum Gasteiger partial charge on any atom is 0.330 e. The Hall–Kier alpha value is -0.790. The van der Waals surface area contributed by atoms with Crippen molar-refractivity contribution < 1.29 is 9.53 Å². The molecule has 0 saturated heterocycles. The minimum atomic E-state index is -0.184. The molecule has 0 aromatic carbocycles. The van der Waals surface area contributed by atoms with E-state index >= 15 is 0 Å². The molecule has 0 spiro atoms.